The maximum absolute atomic E-state index is 11.2. The molecular weight excluding hydrogens is 208 g/mol. The minimum absolute atomic E-state index is 0.534. The first-order chi connectivity index (χ1) is 7.80. The third kappa shape index (κ3) is 5.67. The summed E-state index contributed by atoms with van der Waals surface area (Å²) < 4.78 is 0. The summed E-state index contributed by atoms with van der Waals surface area (Å²) in [5, 5.41) is 11.7. The van der Waals surface area contributed by atoms with Crippen LogP contribution in [-0.4, -0.2) is 51.1 Å². The van der Waals surface area contributed by atoms with Gasteiger partial charge in [0.2, 0.25) is 0 Å². The SMILES string of the molecule is O=C1NCCCNCCNCCCNC1=O. The molecule has 1 rings (SSSR count). The number of rotatable bonds is 0. The number of amides is 2. The Bertz CT molecular complexity index is 209. The van der Waals surface area contributed by atoms with E-state index in [2.05, 4.69) is 21.3 Å². The summed E-state index contributed by atoms with van der Waals surface area (Å²) >= 11 is 0. The van der Waals surface area contributed by atoms with Crippen LogP contribution in [0.3, 0.4) is 0 Å². The maximum Gasteiger partial charge on any atom is 0.309 e. The van der Waals surface area contributed by atoms with Gasteiger partial charge in [-0.2, -0.15) is 0 Å². The number of carbonyl (C=O) groups is 2. The lowest BCUT2D eigenvalue weighted by atomic mass is 10.3. The Morgan fingerprint density at radius 3 is 1.50 bits per heavy atom. The van der Waals surface area contributed by atoms with Gasteiger partial charge in [-0.15, -0.1) is 0 Å². The minimum Gasteiger partial charge on any atom is -0.348 e. The molecule has 4 N–H and O–H groups in total. The van der Waals surface area contributed by atoms with Crippen LogP contribution in [0, 0.1) is 0 Å². The van der Waals surface area contributed by atoms with Crippen LogP contribution < -0.4 is 21.3 Å². The first kappa shape index (κ1) is 12.9. The molecule has 0 saturated carbocycles. The van der Waals surface area contributed by atoms with E-state index in [-0.39, 0.29) is 0 Å². The fourth-order valence-electron chi connectivity index (χ4n) is 1.42. The van der Waals surface area contributed by atoms with Crippen molar-refractivity contribution in [3.05, 3.63) is 0 Å². The summed E-state index contributed by atoms with van der Waals surface area (Å²) in [6.07, 6.45) is 1.66. The standard InChI is InChI=1S/C10H20N4O2/c15-9-10(16)14-6-2-4-12-8-7-11-3-1-5-13-9/h11-12H,1-8H2,(H,13,15)(H,14,16). The van der Waals surface area contributed by atoms with Crippen molar-refractivity contribution in [2.45, 2.75) is 12.8 Å². The molecule has 1 aliphatic heterocycles. The lowest BCUT2D eigenvalue weighted by Crippen LogP contribution is -2.42. The zero-order valence-corrected chi connectivity index (χ0v) is 9.47. The van der Waals surface area contributed by atoms with E-state index in [1.807, 2.05) is 0 Å². The molecule has 1 heterocycles. The number of hydrogen-bond donors (Lipinski definition) is 4. The molecule has 92 valence electrons. The quantitative estimate of drug-likeness (QED) is 0.368. The van der Waals surface area contributed by atoms with Crippen LogP contribution in [0.15, 0.2) is 0 Å². The van der Waals surface area contributed by atoms with Crippen molar-refractivity contribution in [3.63, 3.8) is 0 Å². The zero-order chi connectivity index (χ0) is 11.6. The highest BCUT2D eigenvalue weighted by atomic mass is 16.2. The summed E-state index contributed by atoms with van der Waals surface area (Å²) in [5.41, 5.74) is 0. The third-order valence-corrected chi connectivity index (χ3v) is 2.32. The molecule has 0 unspecified atom stereocenters. The second-order valence-corrected chi connectivity index (χ2v) is 3.72. The van der Waals surface area contributed by atoms with Gasteiger partial charge >= 0.3 is 11.8 Å². The van der Waals surface area contributed by atoms with Crippen molar-refractivity contribution >= 4 is 11.8 Å². The van der Waals surface area contributed by atoms with E-state index in [1.165, 1.54) is 0 Å². The maximum atomic E-state index is 11.2. The van der Waals surface area contributed by atoms with E-state index in [1.54, 1.807) is 0 Å². The molecule has 6 nitrogen and oxygen atoms in total. The van der Waals surface area contributed by atoms with Crippen LogP contribution in [-0.2, 0) is 9.59 Å². The summed E-state index contributed by atoms with van der Waals surface area (Å²) in [6.45, 7) is 4.63. The topological polar surface area (TPSA) is 82.3 Å². The predicted octanol–water partition coefficient (Wildman–Crippen LogP) is -1.81. The first-order valence-corrected chi connectivity index (χ1v) is 5.78. The summed E-state index contributed by atoms with van der Waals surface area (Å²) in [5.74, 6) is -1.07. The molecule has 6 heteroatoms. The monoisotopic (exact) mass is 228 g/mol. The third-order valence-electron chi connectivity index (χ3n) is 2.32. The molecule has 1 fully saturated rings. The highest BCUT2D eigenvalue weighted by molar-refractivity contribution is 6.35. The average molecular weight is 228 g/mol. The van der Waals surface area contributed by atoms with E-state index in [4.69, 9.17) is 0 Å². The van der Waals surface area contributed by atoms with Gasteiger partial charge in [-0.25, -0.2) is 0 Å². The van der Waals surface area contributed by atoms with Gasteiger partial charge in [0, 0.05) is 26.2 Å². The molecule has 0 bridgehead atoms. The van der Waals surface area contributed by atoms with Crippen molar-refractivity contribution in [3.8, 4) is 0 Å². The Morgan fingerprint density at radius 2 is 1.06 bits per heavy atom. The molecular formula is C10H20N4O2. The van der Waals surface area contributed by atoms with Crippen molar-refractivity contribution in [1.82, 2.24) is 21.3 Å². The van der Waals surface area contributed by atoms with Crippen LogP contribution in [0.5, 0.6) is 0 Å². The Morgan fingerprint density at radius 1 is 0.625 bits per heavy atom. The van der Waals surface area contributed by atoms with E-state index >= 15 is 0 Å². The Labute approximate surface area is 95.5 Å². The van der Waals surface area contributed by atoms with Gasteiger partial charge in [0.15, 0.2) is 0 Å². The predicted molar refractivity (Wildman–Crippen MR) is 61.0 cm³/mol. The number of nitrogens with one attached hydrogen (secondary N) is 4. The molecule has 0 aromatic rings. The smallest absolute Gasteiger partial charge is 0.309 e. The summed E-state index contributed by atoms with van der Waals surface area (Å²) in [7, 11) is 0. The minimum atomic E-state index is -0.537. The van der Waals surface area contributed by atoms with Gasteiger partial charge in [0.1, 0.15) is 0 Å². The van der Waals surface area contributed by atoms with Crippen LogP contribution in [0.1, 0.15) is 12.8 Å². The number of carbonyl (C=O) groups excluding carboxylic acids is 2. The second-order valence-electron chi connectivity index (χ2n) is 3.72. The van der Waals surface area contributed by atoms with Gasteiger partial charge in [-0.05, 0) is 25.9 Å². The molecule has 16 heavy (non-hydrogen) atoms. The molecule has 0 aliphatic carbocycles. The Kier molecular flexibility index (Phi) is 6.52. The van der Waals surface area contributed by atoms with Crippen molar-refractivity contribution in [1.29, 1.82) is 0 Å². The van der Waals surface area contributed by atoms with Crippen LogP contribution in [0.25, 0.3) is 0 Å². The van der Waals surface area contributed by atoms with Crippen LogP contribution in [0.2, 0.25) is 0 Å². The second kappa shape index (κ2) is 8.06. The van der Waals surface area contributed by atoms with Gasteiger partial charge in [0.25, 0.3) is 0 Å². The molecule has 0 aromatic heterocycles. The highest BCUT2D eigenvalue weighted by Crippen LogP contribution is 1.79. The first-order valence-electron chi connectivity index (χ1n) is 5.78. The number of hydrogen-bond acceptors (Lipinski definition) is 4. The van der Waals surface area contributed by atoms with Gasteiger partial charge in [0.05, 0.1) is 0 Å². The van der Waals surface area contributed by atoms with Gasteiger partial charge < -0.3 is 21.3 Å². The van der Waals surface area contributed by atoms with E-state index in [0.717, 1.165) is 39.0 Å². The normalized spacial score (nSPS) is 21.8. The van der Waals surface area contributed by atoms with Crippen molar-refractivity contribution in [2.75, 3.05) is 39.3 Å². The molecule has 0 spiro atoms. The lowest BCUT2D eigenvalue weighted by molar-refractivity contribution is -0.139. The van der Waals surface area contributed by atoms with Crippen molar-refractivity contribution < 1.29 is 9.59 Å². The molecule has 1 aliphatic rings. The summed E-state index contributed by atoms with van der Waals surface area (Å²) in [4.78, 5) is 22.4. The molecule has 0 aromatic carbocycles. The fraction of sp³-hybridized carbons (Fsp3) is 0.800. The Hall–Kier alpha value is -1.14. The van der Waals surface area contributed by atoms with E-state index in [9.17, 15) is 9.59 Å². The lowest BCUT2D eigenvalue weighted by Gasteiger charge is -2.10. The zero-order valence-electron chi connectivity index (χ0n) is 9.47. The van der Waals surface area contributed by atoms with Gasteiger partial charge in [-0.1, -0.05) is 0 Å². The van der Waals surface area contributed by atoms with E-state index < -0.39 is 11.8 Å². The molecule has 0 atom stereocenters. The Balaban J connectivity index is 2.27. The van der Waals surface area contributed by atoms with Crippen LogP contribution in [0.4, 0.5) is 0 Å². The highest BCUT2D eigenvalue weighted by Gasteiger charge is 2.11. The van der Waals surface area contributed by atoms with Crippen LogP contribution >= 0.6 is 0 Å². The largest absolute Gasteiger partial charge is 0.348 e. The van der Waals surface area contributed by atoms with E-state index in [0.29, 0.717) is 13.1 Å². The average Bonchev–Trinajstić information content (AvgIpc) is 2.29. The molecule has 2 amide bonds. The fourth-order valence-corrected chi connectivity index (χ4v) is 1.42. The van der Waals surface area contributed by atoms with Crippen molar-refractivity contribution in [2.24, 2.45) is 0 Å². The molecule has 0 radical (unpaired) electrons. The molecule has 1 saturated heterocycles. The van der Waals surface area contributed by atoms with Gasteiger partial charge in [-0.3, -0.25) is 9.59 Å². The summed E-state index contributed by atoms with van der Waals surface area (Å²) in [6, 6.07) is 0.